The van der Waals surface area contributed by atoms with Crippen molar-refractivity contribution < 1.29 is 30.2 Å². The molecule has 4 heterocycles. The number of furan rings is 1. The van der Waals surface area contributed by atoms with Crippen LogP contribution in [-0.2, 0) is 31.9 Å². The second-order valence-electron chi connectivity index (χ2n) is 21.4. The van der Waals surface area contributed by atoms with Crippen molar-refractivity contribution in [1.82, 2.24) is 14.5 Å². The van der Waals surface area contributed by atoms with Gasteiger partial charge in [-0.05, 0) is 98.6 Å². The van der Waals surface area contributed by atoms with Crippen LogP contribution in [0.3, 0.4) is 0 Å². The van der Waals surface area contributed by atoms with Crippen LogP contribution in [-0.4, -0.2) is 14.5 Å². The Balaban J connectivity index is 0.00000471. The van der Waals surface area contributed by atoms with E-state index >= 15 is 0 Å². The van der Waals surface area contributed by atoms with E-state index in [1.807, 2.05) is 6.07 Å². The van der Waals surface area contributed by atoms with Gasteiger partial charge < -0.3 is 18.7 Å². The van der Waals surface area contributed by atoms with Crippen LogP contribution < -0.4 is 4.74 Å². The summed E-state index contributed by atoms with van der Waals surface area (Å²) in [6.07, 6.45) is 5.91. The van der Waals surface area contributed by atoms with Gasteiger partial charge in [-0.25, -0.2) is 0 Å². The van der Waals surface area contributed by atoms with E-state index in [2.05, 4.69) is 183 Å². The maximum atomic E-state index is 6.86. The SMILES string of the molecule is Cc1c[c-]c(-n2c3ccccc3c3ccc(Oc4[c-]c(-c5cc6c(cn5)C(C)(C)C(C5CC(C)(C)CC(C)(C)C5)C6(C)C)c5oc6ccc7ccccc7c6c5c4)nc32)cc1C.[Pt+2]. The average molecular weight is 1010 g/mol. The number of rotatable bonds is 5. The molecule has 1 unspecified atom stereocenters. The van der Waals surface area contributed by atoms with Gasteiger partial charge in [0, 0.05) is 34.2 Å². The summed E-state index contributed by atoms with van der Waals surface area (Å²) in [5.41, 5.74) is 11.7. The van der Waals surface area contributed by atoms with E-state index < -0.39 is 0 Å². The van der Waals surface area contributed by atoms with Crippen LogP contribution in [0.15, 0.2) is 108 Å². The number of fused-ring (bicyclic) bond motifs is 9. The second kappa shape index (κ2) is 14.4. The standard InChI is InChI=1S/C57H55N3O2.Pt/c1-33-19-21-37(25-34(33)2)60-47-18-14-13-17-40(47)41-22-24-49(59-53(41)60)61-38-26-42(51-43(27-38)50-39-16-12-11-15-35(39)20-23-48(50)62-51)46-28-44-45(31-58-46)57(9,10)52(56(44,7)8)36-29-54(3,4)32-55(5,6)30-36;/h11-20,22-25,27-28,31,36,52H,29-30,32H2,1-10H3;/q-2;+2. The third-order valence-corrected chi connectivity index (χ3v) is 14.9. The van der Waals surface area contributed by atoms with Crippen LogP contribution >= 0.6 is 0 Å². The van der Waals surface area contributed by atoms with Crippen LogP contribution in [0.2, 0.25) is 0 Å². The van der Waals surface area contributed by atoms with Crippen molar-refractivity contribution in [2.75, 3.05) is 0 Å². The summed E-state index contributed by atoms with van der Waals surface area (Å²) in [5.74, 6) is 2.11. The number of para-hydroxylation sites is 1. The van der Waals surface area contributed by atoms with E-state index in [9.17, 15) is 0 Å². The second-order valence-corrected chi connectivity index (χ2v) is 21.4. The van der Waals surface area contributed by atoms with Crippen molar-refractivity contribution in [2.24, 2.45) is 22.7 Å². The molecule has 2 aliphatic rings. The fraction of sp³-hybridized carbons (Fsp3) is 0.333. The Morgan fingerprint density at radius 1 is 0.730 bits per heavy atom. The number of nitrogens with zero attached hydrogens (tertiary/aromatic N) is 3. The van der Waals surface area contributed by atoms with Gasteiger partial charge in [0.05, 0.1) is 11.1 Å². The Kier molecular flexibility index (Phi) is 9.53. The monoisotopic (exact) mass is 1010 g/mol. The summed E-state index contributed by atoms with van der Waals surface area (Å²) in [4.78, 5) is 10.5. The minimum absolute atomic E-state index is 0. The fourth-order valence-electron chi connectivity index (χ4n) is 13.0. The Hall–Kier alpha value is -5.25. The number of pyridine rings is 2. The molecule has 1 atom stereocenters. The number of aromatic nitrogens is 3. The van der Waals surface area contributed by atoms with Crippen molar-refractivity contribution in [3.8, 4) is 28.6 Å². The molecule has 5 nitrogen and oxygen atoms in total. The summed E-state index contributed by atoms with van der Waals surface area (Å²) in [6.45, 7) is 24.1. The molecule has 0 spiro atoms. The number of hydrogen-bond donors (Lipinski definition) is 0. The molecule has 4 aromatic heterocycles. The molecule has 63 heavy (non-hydrogen) atoms. The molecule has 0 aliphatic heterocycles. The molecule has 0 radical (unpaired) electrons. The topological polar surface area (TPSA) is 53.1 Å². The normalized spacial score (nSPS) is 18.9. The smallest absolute Gasteiger partial charge is 0.501 e. The van der Waals surface area contributed by atoms with Crippen LogP contribution in [0, 0.1) is 48.6 Å². The van der Waals surface area contributed by atoms with E-state index in [1.54, 1.807) is 0 Å². The van der Waals surface area contributed by atoms with Crippen molar-refractivity contribution in [3.05, 3.63) is 138 Å². The molecule has 0 saturated heterocycles. The van der Waals surface area contributed by atoms with Crippen LogP contribution in [0.5, 0.6) is 11.6 Å². The minimum Gasteiger partial charge on any atom is -0.501 e. The Morgan fingerprint density at radius 2 is 1.44 bits per heavy atom. The van der Waals surface area contributed by atoms with Crippen LogP contribution in [0.4, 0.5) is 0 Å². The van der Waals surface area contributed by atoms with Crippen molar-refractivity contribution in [2.45, 2.75) is 99.3 Å². The molecular formula is C57H55N3O2Pt. The molecule has 6 heteroatoms. The summed E-state index contributed by atoms with van der Waals surface area (Å²) in [7, 11) is 0. The maximum absolute atomic E-state index is 6.86. The van der Waals surface area contributed by atoms with Crippen molar-refractivity contribution >= 4 is 54.6 Å². The van der Waals surface area contributed by atoms with E-state index in [1.165, 1.54) is 41.5 Å². The molecule has 11 rings (SSSR count). The van der Waals surface area contributed by atoms with Gasteiger partial charge in [-0.3, -0.25) is 0 Å². The van der Waals surface area contributed by atoms with Gasteiger partial charge in [-0.1, -0.05) is 153 Å². The van der Waals surface area contributed by atoms with Gasteiger partial charge in [0.2, 0.25) is 5.88 Å². The fourth-order valence-corrected chi connectivity index (χ4v) is 13.0. The average Bonchev–Trinajstić information content (AvgIpc) is 3.80. The first-order chi connectivity index (χ1) is 29.5. The molecule has 5 aromatic carbocycles. The van der Waals surface area contributed by atoms with Gasteiger partial charge in [0.25, 0.3) is 0 Å². The molecule has 0 amide bonds. The predicted molar refractivity (Wildman–Crippen MR) is 255 cm³/mol. The Labute approximate surface area is 385 Å². The molecule has 0 bridgehead atoms. The van der Waals surface area contributed by atoms with E-state index in [-0.39, 0.29) is 31.9 Å². The molecule has 2 aliphatic carbocycles. The van der Waals surface area contributed by atoms with Crippen LogP contribution in [0.1, 0.15) is 96.9 Å². The quantitative estimate of drug-likeness (QED) is 0.161. The zero-order chi connectivity index (χ0) is 43.1. The number of aryl methyl sites for hydroxylation is 2. The number of benzene rings is 5. The van der Waals surface area contributed by atoms with Crippen LogP contribution in [0.25, 0.3) is 71.6 Å². The first-order valence-electron chi connectivity index (χ1n) is 22.4. The zero-order valence-corrected chi connectivity index (χ0v) is 40.3. The third-order valence-electron chi connectivity index (χ3n) is 14.9. The van der Waals surface area contributed by atoms with Gasteiger partial charge >= 0.3 is 21.1 Å². The first kappa shape index (κ1) is 41.7. The van der Waals surface area contributed by atoms with Gasteiger partial charge in [0.15, 0.2) is 0 Å². The van der Waals surface area contributed by atoms with Gasteiger partial charge in [0.1, 0.15) is 11.2 Å². The molecule has 320 valence electrons. The summed E-state index contributed by atoms with van der Waals surface area (Å²) < 4.78 is 15.9. The number of hydrogen-bond acceptors (Lipinski definition) is 4. The van der Waals surface area contributed by atoms with E-state index in [4.69, 9.17) is 19.1 Å². The molecule has 1 saturated carbocycles. The van der Waals surface area contributed by atoms with E-state index in [0.29, 0.717) is 34.3 Å². The molecule has 1 fully saturated rings. The van der Waals surface area contributed by atoms with Gasteiger partial charge in [-0.15, -0.1) is 6.07 Å². The number of ether oxygens (including phenoxy) is 1. The molecule has 9 aromatic rings. The molecule has 0 N–H and O–H groups in total. The minimum atomic E-state index is -0.0762. The predicted octanol–water partition coefficient (Wildman–Crippen LogP) is 15.3. The van der Waals surface area contributed by atoms with Crippen molar-refractivity contribution in [3.63, 3.8) is 0 Å². The Bertz CT molecular complexity index is 3290. The zero-order valence-electron chi connectivity index (χ0n) is 38.1. The Morgan fingerprint density at radius 3 is 2.21 bits per heavy atom. The third kappa shape index (κ3) is 6.58. The molecular weight excluding hydrogens is 954 g/mol. The van der Waals surface area contributed by atoms with Gasteiger partial charge in [-0.2, -0.15) is 28.2 Å². The summed E-state index contributed by atoms with van der Waals surface area (Å²) in [5, 5.41) is 6.49. The van der Waals surface area contributed by atoms with E-state index in [0.717, 1.165) is 71.6 Å². The summed E-state index contributed by atoms with van der Waals surface area (Å²) >= 11 is 0. The van der Waals surface area contributed by atoms with Crippen molar-refractivity contribution in [1.29, 1.82) is 0 Å². The first-order valence-corrected chi connectivity index (χ1v) is 22.4. The largest absolute Gasteiger partial charge is 2.00 e. The maximum Gasteiger partial charge on any atom is 2.00 e. The summed E-state index contributed by atoms with van der Waals surface area (Å²) in [6, 6.07) is 41.2.